The number of hydrogen-bond donors (Lipinski definition) is 1. The van der Waals surface area contributed by atoms with Crippen LogP contribution < -0.4 is 10.2 Å². The molecule has 6 heteroatoms. The van der Waals surface area contributed by atoms with Gasteiger partial charge in [0.25, 0.3) is 0 Å². The van der Waals surface area contributed by atoms with Crippen molar-refractivity contribution in [3.8, 4) is 11.3 Å². The van der Waals surface area contributed by atoms with E-state index in [2.05, 4.69) is 45.5 Å². The standard InChI is InChI=1S/C27H26N4O2/c1-19-5-2-10-25(28-19)30-26(32)18-22-8-3-6-20-11-12-24(29-27(20)22)21-7-4-9-23(17-21)31-13-15-33-16-14-31/h2-12,17H,13-16,18H2,1H3,(H,28,30,32). The van der Waals surface area contributed by atoms with Gasteiger partial charge in [-0.05, 0) is 42.8 Å². The fourth-order valence-electron chi connectivity index (χ4n) is 4.17. The number of carbonyl (C=O) groups excluding carboxylic acids is 1. The highest BCUT2D eigenvalue weighted by Crippen LogP contribution is 2.27. The Labute approximate surface area is 193 Å². The maximum Gasteiger partial charge on any atom is 0.230 e. The topological polar surface area (TPSA) is 67.4 Å². The number of nitrogens with one attached hydrogen (secondary N) is 1. The molecule has 0 atom stereocenters. The van der Waals surface area contributed by atoms with Crippen LogP contribution in [-0.4, -0.2) is 42.2 Å². The summed E-state index contributed by atoms with van der Waals surface area (Å²) < 4.78 is 5.48. The Balaban J connectivity index is 1.42. The first kappa shape index (κ1) is 21.1. The van der Waals surface area contributed by atoms with Crippen LogP contribution in [0.5, 0.6) is 0 Å². The van der Waals surface area contributed by atoms with Gasteiger partial charge >= 0.3 is 0 Å². The van der Waals surface area contributed by atoms with Gasteiger partial charge in [-0.1, -0.05) is 42.5 Å². The summed E-state index contributed by atoms with van der Waals surface area (Å²) in [6, 6.07) is 24.1. The molecule has 1 aliphatic rings. The van der Waals surface area contributed by atoms with Crippen molar-refractivity contribution in [1.82, 2.24) is 9.97 Å². The van der Waals surface area contributed by atoms with Crippen LogP contribution in [0.25, 0.3) is 22.2 Å². The number of hydrogen-bond acceptors (Lipinski definition) is 5. The minimum atomic E-state index is -0.109. The Hall–Kier alpha value is -3.77. The molecule has 166 valence electrons. The van der Waals surface area contributed by atoms with E-state index in [1.165, 1.54) is 5.69 Å². The Bertz CT molecular complexity index is 1300. The number of ether oxygens (including phenoxy) is 1. The summed E-state index contributed by atoms with van der Waals surface area (Å²) in [7, 11) is 0. The highest BCUT2D eigenvalue weighted by molar-refractivity contribution is 5.95. The van der Waals surface area contributed by atoms with Crippen LogP contribution in [0.3, 0.4) is 0 Å². The first-order valence-electron chi connectivity index (χ1n) is 11.2. The quantitative estimate of drug-likeness (QED) is 0.492. The molecular formula is C27H26N4O2. The molecule has 1 amide bonds. The van der Waals surface area contributed by atoms with E-state index in [0.717, 1.165) is 59.7 Å². The van der Waals surface area contributed by atoms with Crippen LogP contribution >= 0.6 is 0 Å². The molecule has 1 saturated heterocycles. The molecule has 4 aromatic rings. The van der Waals surface area contributed by atoms with Gasteiger partial charge in [0, 0.05) is 35.4 Å². The van der Waals surface area contributed by atoms with Gasteiger partial charge in [0.1, 0.15) is 5.82 Å². The summed E-state index contributed by atoms with van der Waals surface area (Å²) in [5.41, 5.74) is 5.73. The van der Waals surface area contributed by atoms with Crippen molar-refractivity contribution < 1.29 is 9.53 Å². The number of rotatable bonds is 5. The van der Waals surface area contributed by atoms with Crippen LogP contribution in [0.2, 0.25) is 0 Å². The largest absolute Gasteiger partial charge is 0.378 e. The van der Waals surface area contributed by atoms with Crippen molar-refractivity contribution in [3.05, 3.63) is 84.1 Å². The number of nitrogens with zero attached hydrogens (tertiary/aromatic N) is 3. The predicted octanol–water partition coefficient (Wildman–Crippen LogP) is 4.62. The highest BCUT2D eigenvalue weighted by Gasteiger charge is 2.14. The summed E-state index contributed by atoms with van der Waals surface area (Å²) >= 11 is 0. The van der Waals surface area contributed by atoms with E-state index in [1.54, 1.807) is 6.07 Å². The Morgan fingerprint density at radius 2 is 1.79 bits per heavy atom. The number of aryl methyl sites for hydroxylation is 1. The number of pyridine rings is 2. The van der Waals surface area contributed by atoms with Crippen molar-refractivity contribution >= 4 is 28.3 Å². The van der Waals surface area contributed by atoms with Gasteiger partial charge in [-0.2, -0.15) is 0 Å². The van der Waals surface area contributed by atoms with Crippen molar-refractivity contribution in [1.29, 1.82) is 0 Å². The van der Waals surface area contributed by atoms with Gasteiger partial charge in [0.2, 0.25) is 5.91 Å². The molecule has 0 spiro atoms. The zero-order chi connectivity index (χ0) is 22.6. The van der Waals surface area contributed by atoms with E-state index in [0.29, 0.717) is 5.82 Å². The monoisotopic (exact) mass is 438 g/mol. The molecule has 1 fully saturated rings. The molecule has 2 aromatic heterocycles. The number of fused-ring (bicyclic) bond motifs is 1. The Morgan fingerprint density at radius 3 is 2.64 bits per heavy atom. The molecule has 0 aliphatic carbocycles. The Morgan fingerprint density at radius 1 is 0.970 bits per heavy atom. The highest BCUT2D eigenvalue weighted by atomic mass is 16.5. The molecule has 1 aliphatic heterocycles. The number of anilines is 2. The molecular weight excluding hydrogens is 412 g/mol. The number of carbonyl (C=O) groups is 1. The van der Waals surface area contributed by atoms with Gasteiger partial charge in [-0.25, -0.2) is 9.97 Å². The molecule has 6 nitrogen and oxygen atoms in total. The molecule has 5 rings (SSSR count). The van der Waals surface area contributed by atoms with E-state index in [-0.39, 0.29) is 12.3 Å². The van der Waals surface area contributed by atoms with Gasteiger partial charge in [-0.15, -0.1) is 0 Å². The van der Waals surface area contributed by atoms with E-state index in [9.17, 15) is 4.79 Å². The average Bonchev–Trinajstić information content (AvgIpc) is 2.85. The van der Waals surface area contributed by atoms with Crippen LogP contribution in [0.4, 0.5) is 11.5 Å². The predicted molar refractivity (Wildman–Crippen MR) is 132 cm³/mol. The number of para-hydroxylation sites is 1. The SMILES string of the molecule is Cc1cccc(NC(=O)Cc2cccc3ccc(-c4cccc(N5CCOCC5)c4)nc23)n1. The van der Waals surface area contributed by atoms with Crippen LogP contribution in [-0.2, 0) is 16.0 Å². The maximum atomic E-state index is 12.7. The molecule has 33 heavy (non-hydrogen) atoms. The van der Waals surface area contributed by atoms with Crippen molar-refractivity contribution in [2.45, 2.75) is 13.3 Å². The minimum absolute atomic E-state index is 0.109. The first-order valence-corrected chi connectivity index (χ1v) is 11.2. The average molecular weight is 439 g/mol. The molecule has 1 N–H and O–H groups in total. The molecule has 0 unspecified atom stereocenters. The third-order valence-electron chi connectivity index (χ3n) is 5.83. The minimum Gasteiger partial charge on any atom is -0.378 e. The normalized spacial score (nSPS) is 13.8. The zero-order valence-electron chi connectivity index (χ0n) is 18.6. The van der Waals surface area contributed by atoms with Crippen LogP contribution in [0.1, 0.15) is 11.3 Å². The lowest BCUT2D eigenvalue weighted by atomic mass is 10.0. The molecule has 3 heterocycles. The van der Waals surface area contributed by atoms with Gasteiger partial charge < -0.3 is 15.0 Å². The lowest BCUT2D eigenvalue weighted by Gasteiger charge is -2.29. The fourth-order valence-corrected chi connectivity index (χ4v) is 4.17. The summed E-state index contributed by atoms with van der Waals surface area (Å²) in [6.45, 7) is 5.19. The van der Waals surface area contributed by atoms with E-state index >= 15 is 0 Å². The maximum absolute atomic E-state index is 12.7. The van der Waals surface area contributed by atoms with Crippen molar-refractivity contribution in [2.75, 3.05) is 36.5 Å². The van der Waals surface area contributed by atoms with Gasteiger partial charge in [0.15, 0.2) is 0 Å². The number of amides is 1. The summed E-state index contributed by atoms with van der Waals surface area (Å²) in [6.07, 6.45) is 0.233. The second-order valence-corrected chi connectivity index (χ2v) is 8.22. The third kappa shape index (κ3) is 4.86. The summed E-state index contributed by atoms with van der Waals surface area (Å²) in [5, 5.41) is 3.91. The fraction of sp³-hybridized carbons (Fsp3) is 0.222. The lowest BCUT2D eigenvalue weighted by molar-refractivity contribution is -0.115. The van der Waals surface area contributed by atoms with Gasteiger partial charge in [-0.3, -0.25) is 4.79 Å². The molecule has 0 bridgehead atoms. The van der Waals surface area contributed by atoms with E-state index in [4.69, 9.17) is 9.72 Å². The molecule has 0 saturated carbocycles. The first-order chi connectivity index (χ1) is 16.2. The van der Waals surface area contributed by atoms with E-state index < -0.39 is 0 Å². The third-order valence-corrected chi connectivity index (χ3v) is 5.83. The number of aromatic nitrogens is 2. The van der Waals surface area contributed by atoms with Crippen molar-refractivity contribution in [3.63, 3.8) is 0 Å². The van der Waals surface area contributed by atoms with Gasteiger partial charge in [0.05, 0.1) is 30.8 Å². The molecule has 0 radical (unpaired) electrons. The molecule has 2 aromatic carbocycles. The summed E-state index contributed by atoms with van der Waals surface area (Å²) in [4.78, 5) is 24.4. The second-order valence-electron chi connectivity index (χ2n) is 8.22. The second kappa shape index (κ2) is 9.38. The zero-order valence-corrected chi connectivity index (χ0v) is 18.6. The van der Waals surface area contributed by atoms with Crippen LogP contribution in [0, 0.1) is 6.92 Å². The van der Waals surface area contributed by atoms with E-state index in [1.807, 2.05) is 43.3 Å². The smallest absolute Gasteiger partial charge is 0.230 e. The summed E-state index contributed by atoms with van der Waals surface area (Å²) in [5.74, 6) is 0.455. The number of benzene rings is 2. The lowest BCUT2D eigenvalue weighted by Crippen LogP contribution is -2.36. The number of morpholine rings is 1. The van der Waals surface area contributed by atoms with Crippen molar-refractivity contribution in [2.24, 2.45) is 0 Å². The van der Waals surface area contributed by atoms with Crippen LogP contribution in [0.15, 0.2) is 72.8 Å². The Kier molecular flexibility index (Phi) is 6.00.